The molecular formula is C10H8ClN5O3. The number of nitro benzene ring substituents is 1. The van der Waals surface area contributed by atoms with Crippen molar-refractivity contribution in [2.24, 2.45) is 0 Å². The fourth-order valence-corrected chi connectivity index (χ4v) is 1.62. The van der Waals surface area contributed by atoms with Crippen LogP contribution in [0, 0.1) is 17.0 Å². The number of halogens is 1. The third-order valence-electron chi connectivity index (χ3n) is 2.23. The molecule has 1 aromatic carbocycles. The summed E-state index contributed by atoms with van der Waals surface area (Å²) in [6, 6.07) is 3.69. The number of aromatic nitrogens is 3. The molecule has 0 aliphatic rings. The highest BCUT2D eigenvalue weighted by atomic mass is 35.5. The molecule has 98 valence electrons. The van der Waals surface area contributed by atoms with Gasteiger partial charge in [-0.3, -0.25) is 25.3 Å². The van der Waals surface area contributed by atoms with Gasteiger partial charge in [0.05, 0.1) is 4.92 Å². The number of hydrogen-bond acceptors (Lipinski definition) is 5. The van der Waals surface area contributed by atoms with Crippen molar-refractivity contribution in [1.82, 2.24) is 15.2 Å². The first-order chi connectivity index (χ1) is 8.97. The molecule has 9 heteroatoms. The van der Waals surface area contributed by atoms with E-state index in [2.05, 4.69) is 20.5 Å². The predicted octanol–water partition coefficient (Wildman–Crippen LogP) is 1.93. The predicted molar refractivity (Wildman–Crippen MR) is 67.2 cm³/mol. The topological polar surface area (TPSA) is 114 Å². The summed E-state index contributed by atoms with van der Waals surface area (Å²) in [7, 11) is 0. The van der Waals surface area contributed by atoms with Crippen molar-refractivity contribution >= 4 is 29.1 Å². The average Bonchev–Trinajstić information content (AvgIpc) is 2.74. The molecule has 0 aliphatic carbocycles. The third-order valence-corrected chi connectivity index (χ3v) is 2.53. The molecular weight excluding hydrogens is 274 g/mol. The van der Waals surface area contributed by atoms with Crippen LogP contribution in [0.25, 0.3) is 0 Å². The molecule has 2 aromatic rings. The number of H-pyrrole nitrogens is 1. The van der Waals surface area contributed by atoms with E-state index in [9.17, 15) is 14.9 Å². The van der Waals surface area contributed by atoms with E-state index in [1.165, 1.54) is 18.2 Å². The van der Waals surface area contributed by atoms with Gasteiger partial charge in [0.15, 0.2) is 0 Å². The van der Waals surface area contributed by atoms with Crippen LogP contribution in [0.15, 0.2) is 18.2 Å². The highest BCUT2D eigenvalue weighted by Crippen LogP contribution is 2.25. The lowest BCUT2D eigenvalue weighted by atomic mass is 10.2. The average molecular weight is 282 g/mol. The summed E-state index contributed by atoms with van der Waals surface area (Å²) in [6.07, 6.45) is 0. The zero-order chi connectivity index (χ0) is 14.0. The molecule has 0 fully saturated rings. The lowest BCUT2D eigenvalue weighted by Crippen LogP contribution is -2.13. The van der Waals surface area contributed by atoms with Gasteiger partial charge in [-0.25, -0.2) is 0 Å². The van der Waals surface area contributed by atoms with E-state index in [0.29, 0.717) is 5.82 Å². The normalized spacial score (nSPS) is 10.2. The van der Waals surface area contributed by atoms with Gasteiger partial charge < -0.3 is 0 Å². The molecule has 0 saturated heterocycles. The maximum absolute atomic E-state index is 11.8. The zero-order valence-electron chi connectivity index (χ0n) is 9.68. The van der Waals surface area contributed by atoms with E-state index in [0.717, 1.165) is 0 Å². The summed E-state index contributed by atoms with van der Waals surface area (Å²) in [4.78, 5) is 25.7. The molecule has 1 amide bonds. The van der Waals surface area contributed by atoms with Crippen molar-refractivity contribution in [3.63, 3.8) is 0 Å². The summed E-state index contributed by atoms with van der Waals surface area (Å²) in [5, 5.41) is 19.2. The van der Waals surface area contributed by atoms with Crippen LogP contribution in [0.1, 0.15) is 16.2 Å². The molecule has 8 nitrogen and oxygen atoms in total. The zero-order valence-corrected chi connectivity index (χ0v) is 10.4. The maximum Gasteiger partial charge on any atom is 0.287 e. The van der Waals surface area contributed by atoms with Gasteiger partial charge in [-0.1, -0.05) is 11.6 Å². The summed E-state index contributed by atoms with van der Waals surface area (Å²) < 4.78 is 0. The van der Waals surface area contributed by atoms with Crippen molar-refractivity contribution in [2.75, 3.05) is 5.32 Å². The van der Waals surface area contributed by atoms with E-state index in [-0.39, 0.29) is 22.2 Å². The number of carbonyl (C=O) groups is 1. The molecule has 2 rings (SSSR count). The number of aromatic amines is 1. The Kier molecular flexibility index (Phi) is 3.43. The molecule has 0 spiro atoms. The van der Waals surface area contributed by atoms with Crippen molar-refractivity contribution in [3.05, 3.63) is 44.7 Å². The molecule has 0 saturated carbocycles. The number of carbonyl (C=O) groups excluding carboxylic acids is 1. The highest BCUT2D eigenvalue weighted by Gasteiger charge is 2.16. The second-order valence-corrected chi connectivity index (χ2v) is 4.03. The largest absolute Gasteiger partial charge is 0.289 e. The van der Waals surface area contributed by atoms with Crippen LogP contribution in [-0.2, 0) is 0 Å². The van der Waals surface area contributed by atoms with Crippen molar-refractivity contribution in [3.8, 4) is 0 Å². The second kappa shape index (κ2) is 5.02. The first-order valence-corrected chi connectivity index (χ1v) is 5.49. The minimum Gasteiger partial charge on any atom is -0.289 e. The number of nitrogens with zero attached hydrogens (tertiary/aromatic N) is 3. The first kappa shape index (κ1) is 13.0. The van der Waals surface area contributed by atoms with Crippen molar-refractivity contribution in [1.29, 1.82) is 0 Å². The Hall–Kier alpha value is -2.48. The monoisotopic (exact) mass is 281 g/mol. The molecule has 0 radical (unpaired) electrons. The molecule has 0 aliphatic heterocycles. The van der Waals surface area contributed by atoms with Crippen molar-refractivity contribution < 1.29 is 9.72 Å². The molecule has 0 bridgehead atoms. The second-order valence-electron chi connectivity index (χ2n) is 3.62. The third kappa shape index (κ3) is 2.86. The fourth-order valence-electron chi connectivity index (χ4n) is 1.37. The Bertz CT molecular complexity index is 654. The Morgan fingerprint density at radius 2 is 2.26 bits per heavy atom. The van der Waals surface area contributed by atoms with Gasteiger partial charge in [-0.15, -0.1) is 5.10 Å². The minimum atomic E-state index is -0.622. The molecule has 1 aromatic heterocycles. The lowest BCUT2D eigenvalue weighted by Gasteiger charge is -2.02. The van der Waals surface area contributed by atoms with Gasteiger partial charge in [-0.2, -0.15) is 4.98 Å². The standard InChI is InChI=1S/C10H8ClN5O3/c1-5-12-10(15-14-5)13-9(17)6-2-3-8(16(18)19)7(11)4-6/h2-4H,1H3,(H2,12,13,14,15,17). The number of hydrogen-bond donors (Lipinski definition) is 2. The summed E-state index contributed by atoms with van der Waals surface area (Å²) in [5.41, 5.74) is -0.0787. The van der Waals surface area contributed by atoms with E-state index >= 15 is 0 Å². The van der Waals surface area contributed by atoms with Gasteiger partial charge in [0.25, 0.3) is 11.6 Å². The van der Waals surface area contributed by atoms with Crippen LogP contribution in [0.2, 0.25) is 5.02 Å². The maximum atomic E-state index is 11.8. The van der Waals surface area contributed by atoms with E-state index in [4.69, 9.17) is 11.6 Å². The Balaban J connectivity index is 2.20. The van der Waals surface area contributed by atoms with Crippen LogP contribution in [0.4, 0.5) is 11.6 Å². The lowest BCUT2D eigenvalue weighted by molar-refractivity contribution is -0.384. The summed E-state index contributed by atoms with van der Waals surface area (Å²) in [6.45, 7) is 1.69. The number of anilines is 1. The molecule has 2 N–H and O–H groups in total. The SMILES string of the molecule is Cc1nc(NC(=O)c2ccc([N+](=O)[O-])c(Cl)c2)n[nH]1. The molecule has 19 heavy (non-hydrogen) atoms. The van der Waals surface area contributed by atoms with E-state index < -0.39 is 10.8 Å². The van der Waals surface area contributed by atoms with Crippen LogP contribution in [0.3, 0.4) is 0 Å². The number of rotatable bonds is 3. The Labute approximate surface area is 112 Å². The van der Waals surface area contributed by atoms with Crippen LogP contribution < -0.4 is 5.32 Å². The van der Waals surface area contributed by atoms with E-state index in [1.54, 1.807) is 6.92 Å². The van der Waals surface area contributed by atoms with Crippen LogP contribution >= 0.6 is 11.6 Å². The first-order valence-electron chi connectivity index (χ1n) is 5.11. The number of nitrogens with one attached hydrogen (secondary N) is 2. The smallest absolute Gasteiger partial charge is 0.287 e. The van der Waals surface area contributed by atoms with Crippen molar-refractivity contribution in [2.45, 2.75) is 6.92 Å². The van der Waals surface area contributed by atoms with Gasteiger partial charge in [0, 0.05) is 11.6 Å². The van der Waals surface area contributed by atoms with Gasteiger partial charge in [0.2, 0.25) is 5.95 Å². The summed E-state index contributed by atoms with van der Waals surface area (Å²) in [5.74, 6) is 0.171. The van der Waals surface area contributed by atoms with Crippen LogP contribution in [0.5, 0.6) is 0 Å². The number of amides is 1. The highest BCUT2D eigenvalue weighted by molar-refractivity contribution is 6.33. The van der Waals surface area contributed by atoms with Crippen LogP contribution in [-0.4, -0.2) is 26.0 Å². The van der Waals surface area contributed by atoms with E-state index in [1.807, 2.05) is 0 Å². The quantitative estimate of drug-likeness (QED) is 0.659. The Morgan fingerprint density at radius 1 is 1.53 bits per heavy atom. The molecule has 1 heterocycles. The molecule has 0 unspecified atom stereocenters. The summed E-state index contributed by atoms with van der Waals surface area (Å²) >= 11 is 5.72. The Morgan fingerprint density at radius 3 is 2.79 bits per heavy atom. The van der Waals surface area contributed by atoms with Gasteiger partial charge >= 0.3 is 0 Å². The molecule has 0 atom stereocenters. The number of aryl methyl sites for hydroxylation is 1. The van der Waals surface area contributed by atoms with Gasteiger partial charge in [-0.05, 0) is 19.1 Å². The minimum absolute atomic E-state index is 0.108. The number of nitro groups is 1. The van der Waals surface area contributed by atoms with Gasteiger partial charge in [0.1, 0.15) is 10.8 Å². The fraction of sp³-hybridized carbons (Fsp3) is 0.100. The number of benzene rings is 1.